The molecule has 0 atom stereocenters. The zero-order valence-corrected chi connectivity index (χ0v) is 10.5. The maximum absolute atomic E-state index is 4.07. The van der Waals surface area contributed by atoms with Crippen molar-refractivity contribution in [1.82, 2.24) is 3.71 Å². The van der Waals surface area contributed by atoms with Crippen LogP contribution in [0.3, 0.4) is 0 Å². The van der Waals surface area contributed by atoms with Gasteiger partial charge in [-0.1, -0.05) is 77.5 Å². The molecule has 0 spiro atoms. The van der Waals surface area contributed by atoms with Crippen LogP contribution in [0.25, 0.3) is 0 Å². The molecule has 0 aromatic heterocycles. The summed E-state index contributed by atoms with van der Waals surface area (Å²) < 4.78 is 1.66. The van der Waals surface area contributed by atoms with Gasteiger partial charge in [-0.25, -0.2) is 3.71 Å². The van der Waals surface area contributed by atoms with Crippen LogP contribution in [0.2, 0.25) is 0 Å². The van der Waals surface area contributed by atoms with E-state index in [0.717, 1.165) is 6.54 Å². The van der Waals surface area contributed by atoms with E-state index >= 15 is 0 Å². The van der Waals surface area contributed by atoms with Gasteiger partial charge in [-0.3, -0.25) is 0 Å². The number of nitrogens with zero attached hydrogens (tertiary/aromatic N) is 1. The number of rotatable bonds is 9. The summed E-state index contributed by atoms with van der Waals surface area (Å²) in [5.41, 5.74) is 0. The van der Waals surface area contributed by atoms with Crippen molar-refractivity contribution < 1.29 is 0 Å². The summed E-state index contributed by atoms with van der Waals surface area (Å²) in [6.45, 7) is 3.25. The van der Waals surface area contributed by atoms with E-state index in [0.29, 0.717) is 0 Å². The molecule has 0 amide bonds. The standard InChI is InChI=1S/C10H23NS2/c1-2-3-4-5-6-7-8-9-10-11(12)13/h12-13H,2-10H2,1H3. The highest BCUT2D eigenvalue weighted by molar-refractivity contribution is 7.93. The van der Waals surface area contributed by atoms with Crippen molar-refractivity contribution in [3.63, 3.8) is 0 Å². The van der Waals surface area contributed by atoms with Crippen LogP contribution in [0.5, 0.6) is 0 Å². The number of hydrogen-bond donors (Lipinski definition) is 2. The molecule has 3 heteroatoms. The van der Waals surface area contributed by atoms with Crippen LogP contribution in [0.15, 0.2) is 0 Å². The van der Waals surface area contributed by atoms with E-state index in [1.807, 2.05) is 0 Å². The van der Waals surface area contributed by atoms with E-state index in [4.69, 9.17) is 0 Å². The Bertz CT molecular complexity index is 96.9. The first-order valence-electron chi connectivity index (χ1n) is 5.42. The highest BCUT2D eigenvalue weighted by Crippen LogP contribution is 2.09. The Hall–Kier alpha value is 0.660. The molecule has 80 valence electrons. The van der Waals surface area contributed by atoms with Crippen LogP contribution in [0.1, 0.15) is 58.3 Å². The van der Waals surface area contributed by atoms with Crippen molar-refractivity contribution >= 4 is 25.6 Å². The SMILES string of the molecule is CCCCCCCCCCN(S)S. The predicted molar refractivity (Wildman–Crippen MR) is 67.3 cm³/mol. The maximum atomic E-state index is 4.07. The summed E-state index contributed by atoms with van der Waals surface area (Å²) in [5, 5.41) is 0. The molecule has 0 unspecified atom stereocenters. The van der Waals surface area contributed by atoms with Crippen LogP contribution in [0.4, 0.5) is 0 Å². The second-order valence-corrected chi connectivity index (χ2v) is 4.85. The lowest BCUT2D eigenvalue weighted by atomic mass is 10.1. The fourth-order valence-electron chi connectivity index (χ4n) is 1.39. The van der Waals surface area contributed by atoms with Crippen LogP contribution in [0, 0.1) is 0 Å². The van der Waals surface area contributed by atoms with Crippen LogP contribution in [-0.2, 0) is 0 Å². The molecule has 0 saturated carbocycles. The normalized spacial score (nSPS) is 11.1. The topological polar surface area (TPSA) is 3.24 Å². The third-order valence-electron chi connectivity index (χ3n) is 2.21. The molecule has 0 aliphatic carbocycles. The van der Waals surface area contributed by atoms with E-state index in [2.05, 4.69) is 32.6 Å². The highest BCUT2D eigenvalue weighted by atomic mass is 32.2. The zero-order chi connectivity index (χ0) is 9.94. The average Bonchev–Trinajstić information content (AvgIpc) is 2.09. The van der Waals surface area contributed by atoms with Gasteiger partial charge in [0, 0.05) is 6.54 Å². The molecule has 0 N–H and O–H groups in total. The second-order valence-electron chi connectivity index (χ2n) is 3.57. The third-order valence-corrected chi connectivity index (χ3v) is 2.61. The van der Waals surface area contributed by atoms with Gasteiger partial charge in [0.15, 0.2) is 0 Å². The fraction of sp³-hybridized carbons (Fsp3) is 1.00. The first-order chi connectivity index (χ1) is 6.27. The van der Waals surface area contributed by atoms with Gasteiger partial charge in [0.05, 0.1) is 0 Å². The quantitative estimate of drug-likeness (QED) is 0.437. The Morgan fingerprint density at radius 2 is 1.23 bits per heavy atom. The minimum absolute atomic E-state index is 0.987. The third kappa shape index (κ3) is 12.7. The number of unbranched alkanes of at least 4 members (excludes halogenated alkanes) is 7. The summed E-state index contributed by atoms with van der Waals surface area (Å²) in [6, 6.07) is 0. The molecule has 0 aromatic rings. The molecule has 0 aromatic carbocycles. The van der Waals surface area contributed by atoms with Crippen molar-refractivity contribution in [3.8, 4) is 0 Å². The van der Waals surface area contributed by atoms with E-state index in [9.17, 15) is 0 Å². The Kier molecular flexibility index (Phi) is 11.3. The van der Waals surface area contributed by atoms with Crippen LogP contribution >= 0.6 is 25.6 Å². The Morgan fingerprint density at radius 1 is 0.769 bits per heavy atom. The highest BCUT2D eigenvalue weighted by Gasteiger charge is 1.93. The number of hydrogen-bond acceptors (Lipinski definition) is 3. The van der Waals surface area contributed by atoms with Crippen LogP contribution in [-0.4, -0.2) is 10.3 Å². The smallest absolute Gasteiger partial charge is 0.0197 e. The average molecular weight is 221 g/mol. The molecule has 0 rings (SSSR count). The minimum atomic E-state index is 0.987. The monoisotopic (exact) mass is 221 g/mol. The molecule has 0 saturated heterocycles. The Morgan fingerprint density at radius 3 is 1.69 bits per heavy atom. The number of thiol groups is 2. The summed E-state index contributed by atoms with van der Waals surface area (Å²) in [6.07, 6.45) is 10.9. The molecule has 0 bridgehead atoms. The van der Waals surface area contributed by atoms with Gasteiger partial charge in [0.1, 0.15) is 0 Å². The van der Waals surface area contributed by atoms with Crippen molar-refractivity contribution in [2.24, 2.45) is 0 Å². The predicted octanol–water partition coefficient (Wildman–Crippen LogP) is 4.12. The van der Waals surface area contributed by atoms with Gasteiger partial charge >= 0.3 is 0 Å². The van der Waals surface area contributed by atoms with Gasteiger partial charge in [-0.2, -0.15) is 0 Å². The van der Waals surface area contributed by atoms with E-state index in [1.165, 1.54) is 51.4 Å². The molecule has 0 radical (unpaired) electrons. The lowest BCUT2D eigenvalue weighted by Crippen LogP contribution is -1.99. The molecule has 0 fully saturated rings. The molecule has 13 heavy (non-hydrogen) atoms. The van der Waals surface area contributed by atoms with E-state index < -0.39 is 0 Å². The molecular formula is C10H23NS2. The Labute approximate surface area is 94.4 Å². The van der Waals surface area contributed by atoms with Crippen molar-refractivity contribution in [1.29, 1.82) is 0 Å². The zero-order valence-electron chi connectivity index (χ0n) is 8.71. The molecule has 1 nitrogen and oxygen atoms in total. The Balaban J connectivity index is 2.84. The largest absolute Gasteiger partial charge is 0.200 e. The van der Waals surface area contributed by atoms with E-state index in [-0.39, 0.29) is 0 Å². The van der Waals surface area contributed by atoms with Crippen molar-refractivity contribution in [2.45, 2.75) is 58.3 Å². The summed E-state index contributed by atoms with van der Waals surface area (Å²) in [4.78, 5) is 0. The van der Waals surface area contributed by atoms with Crippen LogP contribution < -0.4 is 0 Å². The molecule has 0 aliphatic rings. The first-order valence-corrected chi connectivity index (χ1v) is 6.22. The molecular weight excluding hydrogens is 198 g/mol. The van der Waals surface area contributed by atoms with Gasteiger partial charge in [-0.15, -0.1) is 0 Å². The lowest BCUT2D eigenvalue weighted by Gasteiger charge is -2.05. The van der Waals surface area contributed by atoms with Crippen molar-refractivity contribution in [2.75, 3.05) is 6.54 Å². The van der Waals surface area contributed by atoms with Gasteiger partial charge < -0.3 is 0 Å². The fourth-order valence-corrected chi connectivity index (χ4v) is 1.67. The molecule has 0 aliphatic heterocycles. The maximum Gasteiger partial charge on any atom is 0.0197 e. The summed E-state index contributed by atoms with van der Waals surface area (Å²) in [7, 11) is 0. The van der Waals surface area contributed by atoms with Gasteiger partial charge in [0.25, 0.3) is 0 Å². The van der Waals surface area contributed by atoms with Gasteiger partial charge in [-0.05, 0) is 6.42 Å². The van der Waals surface area contributed by atoms with E-state index in [1.54, 1.807) is 3.71 Å². The lowest BCUT2D eigenvalue weighted by molar-refractivity contribution is 0.558. The minimum Gasteiger partial charge on any atom is -0.200 e. The molecule has 0 heterocycles. The summed E-state index contributed by atoms with van der Waals surface area (Å²) in [5.74, 6) is 0. The first kappa shape index (κ1) is 13.7. The second kappa shape index (κ2) is 10.7. The van der Waals surface area contributed by atoms with Gasteiger partial charge in [0.2, 0.25) is 0 Å². The van der Waals surface area contributed by atoms with Crippen molar-refractivity contribution in [3.05, 3.63) is 0 Å². The summed E-state index contributed by atoms with van der Waals surface area (Å²) >= 11 is 8.13.